The molecule has 3 nitrogen and oxygen atoms in total. The number of hydrogen-bond acceptors (Lipinski definition) is 2. The minimum Gasteiger partial charge on any atom is -0.389 e. The summed E-state index contributed by atoms with van der Waals surface area (Å²) in [5.74, 6) is 0.329. The first-order valence-corrected chi connectivity index (χ1v) is 6.84. The smallest absolute Gasteiger partial charge is 0.223 e. The highest BCUT2D eigenvalue weighted by Gasteiger charge is 2.22. The Bertz CT molecular complexity index is 395. The average Bonchev–Trinajstić information content (AvgIpc) is 2.34. The van der Waals surface area contributed by atoms with E-state index in [0.717, 1.165) is 6.42 Å². The van der Waals surface area contributed by atoms with Crippen LogP contribution in [-0.4, -0.2) is 35.1 Å². The molecular formula is C16H25NO2. The molecule has 0 spiro atoms. The Kier molecular flexibility index (Phi) is 5.55. The minimum atomic E-state index is -0.848. The second kappa shape index (κ2) is 6.71. The molecule has 0 bridgehead atoms. The van der Waals surface area contributed by atoms with Crippen LogP contribution in [0.4, 0.5) is 0 Å². The van der Waals surface area contributed by atoms with Crippen molar-refractivity contribution in [3.05, 3.63) is 35.9 Å². The van der Waals surface area contributed by atoms with E-state index in [1.807, 2.05) is 18.2 Å². The number of likely N-dealkylation sites (N-methyl/N-ethyl adjacent to an activating group) is 1. The van der Waals surface area contributed by atoms with Crippen molar-refractivity contribution in [2.75, 3.05) is 13.6 Å². The van der Waals surface area contributed by atoms with Crippen LogP contribution in [-0.2, 0) is 4.79 Å². The third-order valence-electron chi connectivity index (χ3n) is 3.23. The van der Waals surface area contributed by atoms with Gasteiger partial charge in [0.2, 0.25) is 5.91 Å². The first kappa shape index (κ1) is 15.7. The average molecular weight is 263 g/mol. The number of aliphatic hydroxyl groups is 1. The van der Waals surface area contributed by atoms with Crippen LogP contribution in [0.15, 0.2) is 30.3 Å². The van der Waals surface area contributed by atoms with Gasteiger partial charge in [-0.3, -0.25) is 4.79 Å². The molecule has 0 saturated carbocycles. The fourth-order valence-electron chi connectivity index (χ4n) is 2.26. The Balaban J connectivity index is 2.64. The van der Waals surface area contributed by atoms with Crippen LogP contribution >= 0.6 is 0 Å². The van der Waals surface area contributed by atoms with E-state index in [1.165, 1.54) is 5.56 Å². The topological polar surface area (TPSA) is 40.5 Å². The molecule has 1 N–H and O–H groups in total. The van der Waals surface area contributed by atoms with Crippen molar-refractivity contribution in [1.82, 2.24) is 4.90 Å². The third-order valence-corrected chi connectivity index (χ3v) is 3.23. The molecule has 1 amide bonds. The van der Waals surface area contributed by atoms with Crippen LogP contribution in [0.25, 0.3) is 0 Å². The predicted octanol–water partition coefficient (Wildman–Crippen LogP) is 2.80. The number of rotatable bonds is 6. The lowest BCUT2D eigenvalue weighted by Gasteiger charge is -2.27. The molecule has 106 valence electrons. The van der Waals surface area contributed by atoms with Crippen molar-refractivity contribution < 1.29 is 9.90 Å². The van der Waals surface area contributed by atoms with E-state index < -0.39 is 5.60 Å². The summed E-state index contributed by atoms with van der Waals surface area (Å²) in [6.07, 6.45) is 1.43. The summed E-state index contributed by atoms with van der Waals surface area (Å²) in [7, 11) is 1.75. The van der Waals surface area contributed by atoms with Crippen LogP contribution < -0.4 is 0 Å². The molecule has 0 aliphatic carbocycles. The van der Waals surface area contributed by atoms with Crippen LogP contribution in [0.1, 0.15) is 45.1 Å². The molecule has 0 saturated heterocycles. The van der Waals surface area contributed by atoms with Gasteiger partial charge in [-0.2, -0.15) is 0 Å². The number of carbonyl (C=O) groups excluding carboxylic acids is 1. The van der Waals surface area contributed by atoms with Gasteiger partial charge in [0.05, 0.1) is 5.60 Å². The number of hydrogen-bond donors (Lipinski definition) is 1. The van der Waals surface area contributed by atoms with Gasteiger partial charge in [0, 0.05) is 20.0 Å². The molecule has 19 heavy (non-hydrogen) atoms. The van der Waals surface area contributed by atoms with Crippen LogP contribution in [0.3, 0.4) is 0 Å². The molecule has 0 fully saturated rings. The second-order valence-corrected chi connectivity index (χ2v) is 5.78. The monoisotopic (exact) mass is 263 g/mol. The molecule has 0 aromatic heterocycles. The molecule has 1 aromatic rings. The zero-order chi connectivity index (χ0) is 14.5. The Morgan fingerprint density at radius 2 is 1.89 bits per heavy atom. The first-order chi connectivity index (χ1) is 8.83. The molecule has 3 heteroatoms. The molecule has 0 aliphatic heterocycles. The zero-order valence-electron chi connectivity index (χ0n) is 12.4. The quantitative estimate of drug-likeness (QED) is 0.857. The number of benzene rings is 1. The summed E-state index contributed by atoms with van der Waals surface area (Å²) in [5, 5.41) is 9.75. The lowest BCUT2D eigenvalue weighted by molar-refractivity contribution is -0.133. The van der Waals surface area contributed by atoms with Gasteiger partial charge < -0.3 is 10.0 Å². The summed E-state index contributed by atoms with van der Waals surface area (Å²) in [5.41, 5.74) is 0.355. The standard InChI is InChI=1S/C16H25NO2/c1-5-13(14-9-7-6-8-10-14)11-15(18)17(4)12-16(2,3)19/h6-10,13,19H,5,11-12H2,1-4H3/t13-/m0/s1. The van der Waals surface area contributed by atoms with E-state index in [4.69, 9.17) is 0 Å². The molecule has 0 heterocycles. The molecule has 0 aliphatic rings. The summed E-state index contributed by atoms with van der Waals surface area (Å²) in [6.45, 7) is 5.88. The number of nitrogens with zero attached hydrogens (tertiary/aromatic N) is 1. The van der Waals surface area contributed by atoms with E-state index in [1.54, 1.807) is 25.8 Å². The van der Waals surface area contributed by atoms with E-state index in [0.29, 0.717) is 13.0 Å². The van der Waals surface area contributed by atoms with E-state index in [9.17, 15) is 9.90 Å². The fourth-order valence-corrected chi connectivity index (χ4v) is 2.26. The highest BCUT2D eigenvalue weighted by molar-refractivity contribution is 5.76. The van der Waals surface area contributed by atoms with Gasteiger partial charge in [-0.15, -0.1) is 0 Å². The summed E-state index contributed by atoms with van der Waals surface area (Å²) in [4.78, 5) is 13.8. The first-order valence-electron chi connectivity index (χ1n) is 6.84. The van der Waals surface area contributed by atoms with Crippen molar-refractivity contribution in [1.29, 1.82) is 0 Å². The lowest BCUT2D eigenvalue weighted by Crippen LogP contribution is -2.40. The third kappa shape index (κ3) is 5.43. The highest BCUT2D eigenvalue weighted by Crippen LogP contribution is 2.23. The van der Waals surface area contributed by atoms with Gasteiger partial charge in [0.25, 0.3) is 0 Å². The van der Waals surface area contributed by atoms with Crippen molar-refractivity contribution in [3.8, 4) is 0 Å². The maximum absolute atomic E-state index is 12.2. The molecule has 0 unspecified atom stereocenters. The molecular weight excluding hydrogens is 238 g/mol. The van der Waals surface area contributed by atoms with E-state index in [-0.39, 0.29) is 11.8 Å². The van der Waals surface area contributed by atoms with Crippen LogP contribution in [0.5, 0.6) is 0 Å². The maximum atomic E-state index is 12.2. The fraction of sp³-hybridized carbons (Fsp3) is 0.562. The number of amides is 1. The van der Waals surface area contributed by atoms with Gasteiger partial charge in [0.15, 0.2) is 0 Å². The van der Waals surface area contributed by atoms with E-state index >= 15 is 0 Å². The Labute approximate surface area is 116 Å². The zero-order valence-corrected chi connectivity index (χ0v) is 12.4. The van der Waals surface area contributed by atoms with Gasteiger partial charge in [-0.25, -0.2) is 0 Å². The normalized spacial score (nSPS) is 13.1. The predicted molar refractivity (Wildman–Crippen MR) is 78.0 cm³/mol. The Morgan fingerprint density at radius 1 is 1.32 bits per heavy atom. The van der Waals surface area contributed by atoms with Gasteiger partial charge in [-0.1, -0.05) is 37.3 Å². The second-order valence-electron chi connectivity index (χ2n) is 5.78. The van der Waals surface area contributed by atoms with Crippen molar-refractivity contribution in [2.45, 2.75) is 45.1 Å². The molecule has 0 radical (unpaired) electrons. The Hall–Kier alpha value is -1.35. The highest BCUT2D eigenvalue weighted by atomic mass is 16.3. The van der Waals surface area contributed by atoms with Gasteiger partial charge in [0.1, 0.15) is 0 Å². The van der Waals surface area contributed by atoms with Gasteiger partial charge in [-0.05, 0) is 31.7 Å². The van der Waals surface area contributed by atoms with Crippen LogP contribution in [0, 0.1) is 0 Å². The van der Waals surface area contributed by atoms with Gasteiger partial charge >= 0.3 is 0 Å². The van der Waals surface area contributed by atoms with Crippen molar-refractivity contribution in [2.24, 2.45) is 0 Å². The van der Waals surface area contributed by atoms with Crippen LogP contribution in [0.2, 0.25) is 0 Å². The largest absolute Gasteiger partial charge is 0.389 e. The van der Waals surface area contributed by atoms with Crippen molar-refractivity contribution >= 4 is 5.91 Å². The maximum Gasteiger partial charge on any atom is 0.223 e. The summed E-state index contributed by atoms with van der Waals surface area (Å²) >= 11 is 0. The summed E-state index contributed by atoms with van der Waals surface area (Å²) < 4.78 is 0. The van der Waals surface area contributed by atoms with Crippen molar-refractivity contribution in [3.63, 3.8) is 0 Å². The lowest BCUT2D eigenvalue weighted by atomic mass is 9.92. The minimum absolute atomic E-state index is 0.0813. The Morgan fingerprint density at radius 3 is 2.37 bits per heavy atom. The molecule has 1 atom stereocenters. The number of carbonyl (C=O) groups is 1. The van der Waals surface area contributed by atoms with E-state index in [2.05, 4.69) is 19.1 Å². The molecule has 1 aromatic carbocycles. The summed E-state index contributed by atoms with van der Waals surface area (Å²) in [6, 6.07) is 10.1. The SMILES string of the molecule is CC[C@@H](CC(=O)N(C)CC(C)(C)O)c1ccccc1. The molecule has 1 rings (SSSR count).